The van der Waals surface area contributed by atoms with Crippen LogP contribution >= 0.6 is 0 Å². The van der Waals surface area contributed by atoms with Gasteiger partial charge in [0.2, 0.25) is 5.91 Å². The van der Waals surface area contributed by atoms with Gasteiger partial charge in [0.25, 0.3) is 0 Å². The van der Waals surface area contributed by atoms with E-state index in [4.69, 9.17) is 0 Å². The Bertz CT molecular complexity index is 175. The second-order valence-corrected chi connectivity index (χ2v) is 5.21. The van der Waals surface area contributed by atoms with E-state index in [9.17, 15) is 4.79 Å². The highest BCUT2D eigenvalue weighted by atomic mass is 16.1. The Hall–Kier alpha value is -0.530. The molecule has 0 rings (SSSR count). The van der Waals surface area contributed by atoms with Crippen LogP contribution in [0.3, 0.4) is 0 Å². The summed E-state index contributed by atoms with van der Waals surface area (Å²) in [6.07, 6.45) is 7.54. The van der Waals surface area contributed by atoms with Gasteiger partial charge in [-0.05, 0) is 24.7 Å². The van der Waals surface area contributed by atoms with E-state index >= 15 is 0 Å². The lowest BCUT2D eigenvalue weighted by Crippen LogP contribution is -2.21. The molecule has 0 heterocycles. The minimum absolute atomic E-state index is 0.0836. The maximum atomic E-state index is 10.6. The quantitative estimate of drug-likeness (QED) is 0.614. The van der Waals surface area contributed by atoms with Crippen LogP contribution in [0.4, 0.5) is 0 Å². The maximum absolute atomic E-state index is 10.6. The van der Waals surface area contributed by atoms with E-state index in [1.54, 1.807) is 6.92 Å². The molecule has 0 aliphatic carbocycles. The highest BCUT2D eigenvalue weighted by molar-refractivity contribution is 5.72. The van der Waals surface area contributed by atoms with Crippen LogP contribution in [0.5, 0.6) is 0 Å². The lowest BCUT2D eigenvalue weighted by molar-refractivity contribution is -0.118. The lowest BCUT2D eigenvalue weighted by Gasteiger charge is -2.24. The largest absolute Gasteiger partial charge is 0.356 e. The maximum Gasteiger partial charge on any atom is 0.216 e. The van der Waals surface area contributed by atoms with Crippen LogP contribution < -0.4 is 5.32 Å². The SMILES string of the molecule is CCCCC(C)(C)CCCCNC(C)=O. The van der Waals surface area contributed by atoms with Gasteiger partial charge in [-0.1, -0.05) is 40.0 Å². The van der Waals surface area contributed by atoms with Crippen molar-refractivity contribution in [3.05, 3.63) is 0 Å². The van der Waals surface area contributed by atoms with Gasteiger partial charge in [0.1, 0.15) is 0 Å². The minimum atomic E-state index is 0.0836. The van der Waals surface area contributed by atoms with Gasteiger partial charge < -0.3 is 5.32 Å². The van der Waals surface area contributed by atoms with Crippen LogP contribution in [-0.4, -0.2) is 12.5 Å². The first-order chi connectivity index (χ1) is 6.98. The van der Waals surface area contributed by atoms with E-state index < -0.39 is 0 Å². The van der Waals surface area contributed by atoms with Crippen LogP contribution in [-0.2, 0) is 4.79 Å². The smallest absolute Gasteiger partial charge is 0.216 e. The third-order valence-corrected chi connectivity index (χ3v) is 2.86. The number of hydrogen-bond acceptors (Lipinski definition) is 1. The van der Waals surface area contributed by atoms with Crippen LogP contribution in [0.2, 0.25) is 0 Å². The van der Waals surface area contributed by atoms with Crippen molar-refractivity contribution < 1.29 is 4.79 Å². The fourth-order valence-electron chi connectivity index (χ4n) is 1.77. The van der Waals surface area contributed by atoms with Gasteiger partial charge >= 0.3 is 0 Å². The molecule has 1 amide bonds. The number of amides is 1. The number of hydrogen-bond donors (Lipinski definition) is 1. The first kappa shape index (κ1) is 14.5. The average Bonchev–Trinajstić information content (AvgIpc) is 2.14. The molecule has 0 aromatic heterocycles. The molecule has 0 aromatic rings. The molecule has 0 spiro atoms. The third-order valence-electron chi connectivity index (χ3n) is 2.86. The molecule has 1 N–H and O–H groups in total. The Morgan fingerprint density at radius 3 is 2.27 bits per heavy atom. The van der Waals surface area contributed by atoms with Crippen molar-refractivity contribution in [3.8, 4) is 0 Å². The molecule has 0 aliphatic rings. The zero-order valence-corrected chi connectivity index (χ0v) is 10.9. The first-order valence-corrected chi connectivity index (χ1v) is 6.22. The van der Waals surface area contributed by atoms with Gasteiger partial charge in [0.05, 0.1) is 0 Å². The summed E-state index contributed by atoms with van der Waals surface area (Å²) in [7, 11) is 0. The van der Waals surface area contributed by atoms with Crippen molar-refractivity contribution in [2.45, 2.75) is 66.2 Å². The number of nitrogens with one attached hydrogen (secondary N) is 1. The average molecular weight is 213 g/mol. The first-order valence-electron chi connectivity index (χ1n) is 6.22. The Balaban J connectivity index is 3.43. The van der Waals surface area contributed by atoms with Crippen LogP contribution in [0, 0.1) is 5.41 Å². The van der Waals surface area contributed by atoms with Crippen molar-refractivity contribution in [3.63, 3.8) is 0 Å². The highest BCUT2D eigenvalue weighted by Crippen LogP contribution is 2.29. The molecule has 2 heteroatoms. The van der Waals surface area contributed by atoms with E-state index in [1.165, 1.54) is 32.1 Å². The van der Waals surface area contributed by atoms with E-state index in [-0.39, 0.29) is 5.91 Å². The second kappa shape index (κ2) is 7.72. The summed E-state index contributed by atoms with van der Waals surface area (Å²) in [5.41, 5.74) is 0.478. The van der Waals surface area contributed by atoms with Crippen LogP contribution in [0.1, 0.15) is 66.2 Å². The molecule has 0 aliphatic heterocycles. The Labute approximate surface area is 94.8 Å². The molecule has 0 saturated carbocycles. The zero-order valence-electron chi connectivity index (χ0n) is 10.9. The predicted molar refractivity (Wildman–Crippen MR) is 65.8 cm³/mol. The fourth-order valence-corrected chi connectivity index (χ4v) is 1.77. The molecule has 15 heavy (non-hydrogen) atoms. The van der Waals surface area contributed by atoms with E-state index in [0.29, 0.717) is 5.41 Å². The summed E-state index contributed by atoms with van der Waals surface area (Å²) in [5, 5.41) is 2.84. The monoisotopic (exact) mass is 213 g/mol. The lowest BCUT2D eigenvalue weighted by atomic mass is 9.82. The molecule has 0 radical (unpaired) electrons. The van der Waals surface area contributed by atoms with Crippen LogP contribution in [0.15, 0.2) is 0 Å². The molecule has 2 nitrogen and oxygen atoms in total. The van der Waals surface area contributed by atoms with E-state index in [1.807, 2.05) is 0 Å². The van der Waals surface area contributed by atoms with Crippen molar-refractivity contribution in [1.29, 1.82) is 0 Å². The van der Waals surface area contributed by atoms with Crippen molar-refractivity contribution in [2.75, 3.05) is 6.54 Å². The van der Waals surface area contributed by atoms with E-state index in [2.05, 4.69) is 26.1 Å². The molecule has 0 unspecified atom stereocenters. The summed E-state index contributed by atoms with van der Waals surface area (Å²) in [4.78, 5) is 10.6. The topological polar surface area (TPSA) is 29.1 Å². The standard InChI is InChI=1S/C13H27NO/c1-5-6-9-13(3,4)10-7-8-11-14-12(2)15/h5-11H2,1-4H3,(H,14,15). The molecule has 0 atom stereocenters. The molecule has 0 fully saturated rings. The van der Waals surface area contributed by atoms with Gasteiger partial charge in [-0.25, -0.2) is 0 Å². The Morgan fingerprint density at radius 2 is 1.73 bits per heavy atom. The van der Waals surface area contributed by atoms with Gasteiger partial charge in [0.15, 0.2) is 0 Å². The highest BCUT2D eigenvalue weighted by Gasteiger charge is 2.15. The second-order valence-electron chi connectivity index (χ2n) is 5.21. The number of rotatable bonds is 8. The van der Waals surface area contributed by atoms with Crippen molar-refractivity contribution in [1.82, 2.24) is 5.32 Å². The Morgan fingerprint density at radius 1 is 1.13 bits per heavy atom. The minimum Gasteiger partial charge on any atom is -0.356 e. The van der Waals surface area contributed by atoms with Crippen molar-refractivity contribution >= 4 is 5.91 Å². The Kier molecular flexibility index (Phi) is 7.45. The fraction of sp³-hybridized carbons (Fsp3) is 0.923. The van der Waals surface area contributed by atoms with Gasteiger partial charge in [-0.15, -0.1) is 0 Å². The molecule has 0 bridgehead atoms. The van der Waals surface area contributed by atoms with Gasteiger partial charge in [0, 0.05) is 13.5 Å². The molecule has 90 valence electrons. The van der Waals surface area contributed by atoms with Gasteiger partial charge in [-0.2, -0.15) is 0 Å². The summed E-state index contributed by atoms with van der Waals surface area (Å²) < 4.78 is 0. The van der Waals surface area contributed by atoms with E-state index in [0.717, 1.165) is 13.0 Å². The molecule has 0 aromatic carbocycles. The number of carbonyl (C=O) groups excluding carboxylic acids is 1. The third kappa shape index (κ3) is 9.77. The molecular formula is C13H27NO. The summed E-state index contributed by atoms with van der Waals surface area (Å²) in [6, 6.07) is 0. The number of carbonyl (C=O) groups is 1. The summed E-state index contributed by atoms with van der Waals surface area (Å²) in [5.74, 6) is 0.0836. The summed E-state index contributed by atoms with van der Waals surface area (Å²) in [6.45, 7) is 9.35. The molecule has 0 saturated heterocycles. The number of unbranched alkanes of at least 4 members (excludes halogenated alkanes) is 2. The van der Waals surface area contributed by atoms with Crippen LogP contribution in [0.25, 0.3) is 0 Å². The molecular weight excluding hydrogens is 186 g/mol. The van der Waals surface area contributed by atoms with Crippen molar-refractivity contribution in [2.24, 2.45) is 5.41 Å². The zero-order chi connectivity index (χ0) is 11.7. The normalized spacial score (nSPS) is 11.5. The van der Waals surface area contributed by atoms with Gasteiger partial charge in [-0.3, -0.25) is 4.79 Å². The summed E-state index contributed by atoms with van der Waals surface area (Å²) >= 11 is 0. The predicted octanol–water partition coefficient (Wildman–Crippen LogP) is 3.51.